The molecule has 94 valence electrons. The molecular formula is C13H14N2O3. The highest BCUT2D eigenvalue weighted by molar-refractivity contribution is 6.05. The molecule has 2 heterocycles. The van der Waals surface area contributed by atoms with Crippen LogP contribution < -0.4 is 15.0 Å². The average Bonchev–Trinajstić information content (AvgIpc) is 2.38. The van der Waals surface area contributed by atoms with Crippen LogP contribution in [-0.4, -0.2) is 25.1 Å². The maximum absolute atomic E-state index is 11.7. The quantitative estimate of drug-likeness (QED) is 0.816. The molecule has 3 rings (SSSR count). The van der Waals surface area contributed by atoms with Crippen LogP contribution in [0.3, 0.4) is 0 Å². The number of hydrogen-bond acceptors (Lipinski definition) is 3. The summed E-state index contributed by atoms with van der Waals surface area (Å²) >= 11 is 0. The van der Waals surface area contributed by atoms with Gasteiger partial charge in [-0.25, -0.2) is 4.79 Å². The largest absolute Gasteiger partial charge is 0.493 e. The summed E-state index contributed by atoms with van der Waals surface area (Å²) in [5.74, 6) is 0.633. The number of anilines is 1. The number of fused-ring (bicyclic) bond motifs is 1. The molecule has 1 aromatic carbocycles. The molecule has 18 heavy (non-hydrogen) atoms. The van der Waals surface area contributed by atoms with Crippen molar-refractivity contribution in [2.75, 3.05) is 18.1 Å². The molecule has 1 saturated heterocycles. The summed E-state index contributed by atoms with van der Waals surface area (Å²) in [7, 11) is 0. The zero-order valence-electron chi connectivity index (χ0n) is 9.94. The van der Waals surface area contributed by atoms with E-state index < -0.39 is 0 Å². The first kappa shape index (κ1) is 11.1. The molecule has 3 amide bonds. The number of nitrogens with one attached hydrogen (secondary N) is 1. The number of nitrogens with zero attached hydrogens (tertiary/aromatic N) is 1. The zero-order chi connectivity index (χ0) is 12.5. The van der Waals surface area contributed by atoms with Gasteiger partial charge in [0.05, 0.1) is 6.61 Å². The molecule has 0 atom stereocenters. The highest BCUT2D eigenvalue weighted by atomic mass is 16.5. The third-order valence-corrected chi connectivity index (χ3v) is 3.26. The number of carbonyl (C=O) groups is 2. The van der Waals surface area contributed by atoms with Crippen LogP contribution in [0.1, 0.15) is 18.4 Å². The van der Waals surface area contributed by atoms with E-state index in [9.17, 15) is 9.59 Å². The number of urea groups is 1. The molecule has 5 nitrogen and oxygen atoms in total. The van der Waals surface area contributed by atoms with Crippen molar-refractivity contribution in [1.82, 2.24) is 5.32 Å². The number of imide groups is 1. The van der Waals surface area contributed by atoms with Crippen molar-refractivity contribution in [2.45, 2.75) is 19.3 Å². The summed E-state index contributed by atoms with van der Waals surface area (Å²) in [4.78, 5) is 24.4. The van der Waals surface area contributed by atoms with Crippen LogP contribution in [0.25, 0.3) is 0 Å². The Morgan fingerprint density at radius 2 is 2.11 bits per heavy atom. The zero-order valence-corrected chi connectivity index (χ0v) is 9.94. The summed E-state index contributed by atoms with van der Waals surface area (Å²) in [6.45, 7) is 1.14. The molecule has 0 saturated carbocycles. The lowest BCUT2D eigenvalue weighted by Crippen LogP contribution is -2.49. The van der Waals surface area contributed by atoms with E-state index in [0.29, 0.717) is 13.0 Å². The predicted octanol–water partition coefficient (Wildman–Crippen LogP) is 1.46. The Bertz CT molecular complexity index is 513. The minimum atomic E-state index is -0.359. The topological polar surface area (TPSA) is 58.6 Å². The molecule has 0 aliphatic carbocycles. The SMILES string of the molecule is O=C1CCN(c2ccc3c(c2)OCCC3)C(=O)N1. The number of hydrogen-bond donors (Lipinski definition) is 1. The molecule has 0 unspecified atom stereocenters. The van der Waals surface area contributed by atoms with E-state index in [0.717, 1.165) is 30.9 Å². The van der Waals surface area contributed by atoms with Crippen molar-refractivity contribution in [3.8, 4) is 5.75 Å². The van der Waals surface area contributed by atoms with Crippen molar-refractivity contribution < 1.29 is 14.3 Å². The van der Waals surface area contributed by atoms with Gasteiger partial charge in [0.15, 0.2) is 0 Å². The summed E-state index contributed by atoms with van der Waals surface area (Å²) in [5, 5.41) is 2.32. The van der Waals surface area contributed by atoms with Crippen LogP contribution >= 0.6 is 0 Å². The van der Waals surface area contributed by atoms with Crippen molar-refractivity contribution in [1.29, 1.82) is 0 Å². The number of ether oxygens (including phenoxy) is 1. The lowest BCUT2D eigenvalue weighted by molar-refractivity contribution is -0.120. The minimum Gasteiger partial charge on any atom is -0.493 e. The van der Waals surface area contributed by atoms with Gasteiger partial charge in [0.1, 0.15) is 5.75 Å². The van der Waals surface area contributed by atoms with Gasteiger partial charge in [0.2, 0.25) is 5.91 Å². The Labute approximate surface area is 105 Å². The number of carbonyl (C=O) groups excluding carboxylic acids is 2. The third kappa shape index (κ3) is 1.92. The second-order valence-electron chi connectivity index (χ2n) is 4.50. The number of amides is 3. The van der Waals surface area contributed by atoms with Crippen molar-refractivity contribution >= 4 is 17.6 Å². The molecule has 0 radical (unpaired) electrons. The van der Waals surface area contributed by atoms with Gasteiger partial charge in [-0.1, -0.05) is 6.07 Å². The lowest BCUT2D eigenvalue weighted by atomic mass is 10.1. The first-order valence-electron chi connectivity index (χ1n) is 6.11. The van der Waals surface area contributed by atoms with E-state index in [2.05, 4.69) is 5.32 Å². The summed E-state index contributed by atoms with van der Waals surface area (Å²) in [6, 6.07) is 5.42. The number of aryl methyl sites for hydroxylation is 1. The average molecular weight is 246 g/mol. The molecule has 1 aromatic rings. The predicted molar refractivity (Wildman–Crippen MR) is 65.8 cm³/mol. The lowest BCUT2D eigenvalue weighted by Gasteiger charge is -2.28. The normalized spacial score (nSPS) is 19.0. The van der Waals surface area contributed by atoms with Crippen molar-refractivity contribution in [3.63, 3.8) is 0 Å². The monoisotopic (exact) mass is 246 g/mol. The van der Waals surface area contributed by atoms with Gasteiger partial charge in [-0.3, -0.25) is 15.0 Å². The van der Waals surface area contributed by atoms with Gasteiger partial charge in [-0.2, -0.15) is 0 Å². The highest BCUT2D eigenvalue weighted by Gasteiger charge is 2.25. The van der Waals surface area contributed by atoms with E-state index in [4.69, 9.17) is 4.74 Å². The van der Waals surface area contributed by atoms with Gasteiger partial charge >= 0.3 is 6.03 Å². The smallest absolute Gasteiger partial charge is 0.328 e. The van der Waals surface area contributed by atoms with Crippen LogP contribution in [0.4, 0.5) is 10.5 Å². The molecular weight excluding hydrogens is 232 g/mol. The fourth-order valence-electron chi connectivity index (χ4n) is 2.31. The summed E-state index contributed by atoms with van der Waals surface area (Å²) < 4.78 is 5.59. The molecule has 2 aliphatic rings. The van der Waals surface area contributed by atoms with E-state index in [1.807, 2.05) is 18.2 Å². The van der Waals surface area contributed by atoms with Crippen molar-refractivity contribution in [2.24, 2.45) is 0 Å². The van der Waals surface area contributed by atoms with E-state index in [1.165, 1.54) is 5.56 Å². The second kappa shape index (κ2) is 4.33. The van der Waals surface area contributed by atoms with Crippen LogP contribution in [0.15, 0.2) is 18.2 Å². The Kier molecular flexibility index (Phi) is 2.66. The molecule has 0 spiro atoms. The first-order valence-corrected chi connectivity index (χ1v) is 6.11. The van der Waals surface area contributed by atoms with E-state index >= 15 is 0 Å². The minimum absolute atomic E-state index is 0.217. The van der Waals surface area contributed by atoms with E-state index in [1.54, 1.807) is 4.90 Å². The van der Waals surface area contributed by atoms with Crippen LogP contribution in [0, 0.1) is 0 Å². The summed E-state index contributed by atoms with van der Waals surface area (Å²) in [5.41, 5.74) is 1.96. The van der Waals surface area contributed by atoms with Gasteiger partial charge < -0.3 is 4.74 Å². The second-order valence-corrected chi connectivity index (χ2v) is 4.50. The Morgan fingerprint density at radius 1 is 1.22 bits per heavy atom. The highest BCUT2D eigenvalue weighted by Crippen LogP contribution is 2.30. The van der Waals surface area contributed by atoms with Crippen LogP contribution in [0.5, 0.6) is 5.75 Å². The van der Waals surface area contributed by atoms with Gasteiger partial charge in [-0.15, -0.1) is 0 Å². The molecule has 1 N–H and O–H groups in total. The van der Waals surface area contributed by atoms with Gasteiger partial charge in [-0.05, 0) is 24.5 Å². The first-order chi connectivity index (χ1) is 8.74. The standard InChI is InChI=1S/C13H14N2O3/c16-12-5-6-15(13(17)14-12)10-4-3-9-2-1-7-18-11(9)8-10/h3-4,8H,1-2,5-7H2,(H,14,16,17). The fourth-order valence-corrected chi connectivity index (χ4v) is 2.31. The molecule has 1 fully saturated rings. The van der Waals surface area contributed by atoms with Crippen LogP contribution in [0.2, 0.25) is 0 Å². The van der Waals surface area contributed by atoms with Gasteiger partial charge in [0.25, 0.3) is 0 Å². The molecule has 0 bridgehead atoms. The van der Waals surface area contributed by atoms with E-state index in [-0.39, 0.29) is 11.9 Å². The van der Waals surface area contributed by atoms with Crippen LogP contribution in [-0.2, 0) is 11.2 Å². The molecule has 2 aliphatic heterocycles. The molecule has 0 aromatic heterocycles. The Morgan fingerprint density at radius 3 is 2.94 bits per heavy atom. The third-order valence-electron chi connectivity index (χ3n) is 3.26. The number of benzene rings is 1. The number of rotatable bonds is 1. The Balaban J connectivity index is 1.88. The van der Waals surface area contributed by atoms with Gasteiger partial charge in [0, 0.05) is 24.7 Å². The maximum Gasteiger partial charge on any atom is 0.328 e. The van der Waals surface area contributed by atoms with Crippen molar-refractivity contribution in [3.05, 3.63) is 23.8 Å². The summed E-state index contributed by atoms with van der Waals surface area (Å²) in [6.07, 6.45) is 2.38. The maximum atomic E-state index is 11.7. The fraction of sp³-hybridized carbons (Fsp3) is 0.385. The molecule has 5 heteroatoms. The Hall–Kier alpha value is -2.04.